The van der Waals surface area contributed by atoms with Gasteiger partial charge in [-0.05, 0) is 52.2 Å². The zero-order chi connectivity index (χ0) is 14.8. The Morgan fingerprint density at radius 1 is 0.737 bits per heavy atom. The third kappa shape index (κ3) is 11.4. The lowest BCUT2D eigenvalue weighted by molar-refractivity contribution is 0.213. The first-order valence-electron chi connectivity index (χ1n) is 8.21. The van der Waals surface area contributed by atoms with E-state index in [2.05, 4.69) is 58.5 Å². The van der Waals surface area contributed by atoms with Crippen LogP contribution in [0.4, 0.5) is 0 Å². The van der Waals surface area contributed by atoms with Crippen LogP contribution in [0.1, 0.15) is 60.3 Å². The Hall–Kier alpha value is -0.0800. The van der Waals surface area contributed by atoms with Crippen LogP contribution in [0.3, 0.4) is 0 Å². The molecule has 0 aliphatic rings. The van der Waals surface area contributed by atoms with Gasteiger partial charge in [0.25, 0.3) is 0 Å². The molecule has 0 spiro atoms. The SMILES string of the molecule is CC(C)CN(CCCCCC(C)N(C)C)CC(C)C. The number of hydrogen-bond donors (Lipinski definition) is 0. The van der Waals surface area contributed by atoms with Gasteiger partial charge in [-0.2, -0.15) is 0 Å². The first-order chi connectivity index (χ1) is 8.82. The van der Waals surface area contributed by atoms with E-state index in [0.29, 0.717) is 0 Å². The van der Waals surface area contributed by atoms with Crippen LogP contribution in [0.15, 0.2) is 0 Å². The highest BCUT2D eigenvalue weighted by Crippen LogP contribution is 2.10. The predicted octanol–water partition coefficient (Wildman–Crippen LogP) is 4.11. The molecule has 0 rings (SSSR count). The monoisotopic (exact) mass is 270 g/mol. The van der Waals surface area contributed by atoms with Gasteiger partial charge in [0.15, 0.2) is 0 Å². The number of rotatable bonds is 11. The van der Waals surface area contributed by atoms with E-state index in [1.165, 1.54) is 45.3 Å². The summed E-state index contributed by atoms with van der Waals surface area (Å²) in [6, 6.07) is 0.724. The lowest BCUT2D eigenvalue weighted by atomic mass is 10.1. The van der Waals surface area contributed by atoms with Crippen molar-refractivity contribution in [2.75, 3.05) is 33.7 Å². The molecule has 0 N–H and O–H groups in total. The molecule has 0 amide bonds. The van der Waals surface area contributed by atoms with Crippen LogP contribution in [-0.4, -0.2) is 49.6 Å². The summed E-state index contributed by atoms with van der Waals surface area (Å²) >= 11 is 0. The van der Waals surface area contributed by atoms with Gasteiger partial charge in [-0.15, -0.1) is 0 Å². The third-order valence-corrected chi connectivity index (χ3v) is 3.72. The van der Waals surface area contributed by atoms with E-state index >= 15 is 0 Å². The molecular formula is C17H38N2. The van der Waals surface area contributed by atoms with E-state index in [1.807, 2.05) is 0 Å². The summed E-state index contributed by atoms with van der Waals surface area (Å²) in [5.74, 6) is 1.57. The summed E-state index contributed by atoms with van der Waals surface area (Å²) < 4.78 is 0. The molecule has 2 heteroatoms. The van der Waals surface area contributed by atoms with E-state index in [0.717, 1.165) is 17.9 Å². The van der Waals surface area contributed by atoms with Crippen molar-refractivity contribution in [3.63, 3.8) is 0 Å². The Bertz CT molecular complexity index is 189. The first-order valence-corrected chi connectivity index (χ1v) is 8.21. The summed E-state index contributed by atoms with van der Waals surface area (Å²) in [6.45, 7) is 15.4. The molecule has 0 aromatic heterocycles. The van der Waals surface area contributed by atoms with Crippen LogP contribution in [-0.2, 0) is 0 Å². The van der Waals surface area contributed by atoms with E-state index in [4.69, 9.17) is 0 Å². The number of nitrogens with zero attached hydrogens (tertiary/aromatic N) is 2. The Kier molecular flexibility index (Phi) is 10.6. The molecule has 0 aliphatic carbocycles. The number of hydrogen-bond acceptors (Lipinski definition) is 2. The first kappa shape index (κ1) is 18.9. The van der Waals surface area contributed by atoms with E-state index in [1.54, 1.807) is 0 Å². The average molecular weight is 271 g/mol. The van der Waals surface area contributed by atoms with Gasteiger partial charge in [-0.25, -0.2) is 0 Å². The normalized spacial score (nSPS) is 14.1. The number of unbranched alkanes of at least 4 members (excludes halogenated alkanes) is 2. The topological polar surface area (TPSA) is 6.48 Å². The molecule has 0 aliphatic heterocycles. The molecule has 116 valence electrons. The molecule has 1 unspecified atom stereocenters. The van der Waals surface area contributed by atoms with Gasteiger partial charge in [0.1, 0.15) is 0 Å². The van der Waals surface area contributed by atoms with Gasteiger partial charge in [0.2, 0.25) is 0 Å². The maximum Gasteiger partial charge on any atom is 0.00608 e. The quantitative estimate of drug-likeness (QED) is 0.521. The highest BCUT2D eigenvalue weighted by atomic mass is 15.1. The van der Waals surface area contributed by atoms with Crippen LogP contribution >= 0.6 is 0 Å². The minimum absolute atomic E-state index is 0.724. The van der Waals surface area contributed by atoms with Crippen LogP contribution in [0.25, 0.3) is 0 Å². The second-order valence-electron chi connectivity index (χ2n) is 7.21. The van der Waals surface area contributed by atoms with E-state index in [9.17, 15) is 0 Å². The summed E-state index contributed by atoms with van der Waals surface area (Å²) in [7, 11) is 4.36. The second-order valence-corrected chi connectivity index (χ2v) is 7.21. The third-order valence-electron chi connectivity index (χ3n) is 3.72. The van der Waals surface area contributed by atoms with Crippen molar-refractivity contribution >= 4 is 0 Å². The average Bonchev–Trinajstić information content (AvgIpc) is 2.26. The Balaban J connectivity index is 3.74. The summed E-state index contributed by atoms with van der Waals surface area (Å²) in [5.41, 5.74) is 0. The van der Waals surface area contributed by atoms with Crippen LogP contribution in [0, 0.1) is 11.8 Å². The zero-order valence-corrected chi connectivity index (χ0v) is 14.6. The fourth-order valence-electron chi connectivity index (χ4n) is 2.50. The van der Waals surface area contributed by atoms with E-state index in [-0.39, 0.29) is 0 Å². The Labute approximate surface area is 122 Å². The fraction of sp³-hybridized carbons (Fsp3) is 1.00. The molecule has 2 nitrogen and oxygen atoms in total. The van der Waals surface area contributed by atoms with Gasteiger partial charge in [-0.3, -0.25) is 0 Å². The zero-order valence-electron chi connectivity index (χ0n) is 14.6. The van der Waals surface area contributed by atoms with Crippen molar-refractivity contribution in [2.24, 2.45) is 11.8 Å². The second kappa shape index (κ2) is 10.7. The maximum absolute atomic E-state index is 2.66. The van der Waals surface area contributed by atoms with E-state index < -0.39 is 0 Å². The van der Waals surface area contributed by atoms with Gasteiger partial charge in [0.05, 0.1) is 0 Å². The molecule has 0 saturated carbocycles. The lowest BCUT2D eigenvalue weighted by Gasteiger charge is -2.26. The minimum atomic E-state index is 0.724. The minimum Gasteiger partial charge on any atom is -0.307 e. The lowest BCUT2D eigenvalue weighted by Crippen LogP contribution is -2.32. The van der Waals surface area contributed by atoms with Gasteiger partial charge < -0.3 is 9.80 Å². The fourth-order valence-corrected chi connectivity index (χ4v) is 2.50. The predicted molar refractivity (Wildman–Crippen MR) is 87.7 cm³/mol. The van der Waals surface area contributed by atoms with Crippen LogP contribution in [0.5, 0.6) is 0 Å². The van der Waals surface area contributed by atoms with Crippen molar-refractivity contribution < 1.29 is 0 Å². The highest BCUT2D eigenvalue weighted by Gasteiger charge is 2.09. The molecule has 1 atom stereocenters. The molecule has 0 aromatic rings. The van der Waals surface area contributed by atoms with Gasteiger partial charge >= 0.3 is 0 Å². The largest absolute Gasteiger partial charge is 0.307 e. The highest BCUT2D eigenvalue weighted by molar-refractivity contribution is 4.64. The molecule has 0 fully saturated rings. The molecule has 19 heavy (non-hydrogen) atoms. The Morgan fingerprint density at radius 2 is 1.26 bits per heavy atom. The standard InChI is InChI=1S/C17H38N2/c1-15(2)13-19(14-16(3)4)12-10-8-9-11-17(5)18(6)7/h15-17H,8-14H2,1-7H3. The van der Waals surface area contributed by atoms with Gasteiger partial charge in [0, 0.05) is 19.1 Å². The van der Waals surface area contributed by atoms with Crippen molar-refractivity contribution in [2.45, 2.75) is 66.3 Å². The molecule has 0 heterocycles. The smallest absolute Gasteiger partial charge is 0.00608 e. The van der Waals surface area contributed by atoms with Crippen molar-refractivity contribution in [1.82, 2.24) is 9.80 Å². The van der Waals surface area contributed by atoms with Crippen molar-refractivity contribution in [3.05, 3.63) is 0 Å². The summed E-state index contributed by atoms with van der Waals surface area (Å²) in [4.78, 5) is 4.98. The summed E-state index contributed by atoms with van der Waals surface area (Å²) in [6.07, 6.45) is 5.45. The van der Waals surface area contributed by atoms with Gasteiger partial charge in [-0.1, -0.05) is 40.5 Å². The van der Waals surface area contributed by atoms with Crippen molar-refractivity contribution in [3.8, 4) is 0 Å². The Morgan fingerprint density at radius 3 is 1.68 bits per heavy atom. The van der Waals surface area contributed by atoms with Crippen LogP contribution in [0.2, 0.25) is 0 Å². The molecule has 0 aromatic carbocycles. The maximum atomic E-state index is 2.66. The van der Waals surface area contributed by atoms with Crippen LogP contribution < -0.4 is 0 Å². The molecule has 0 saturated heterocycles. The molecule has 0 radical (unpaired) electrons. The summed E-state index contributed by atoms with van der Waals surface area (Å²) in [5, 5.41) is 0. The van der Waals surface area contributed by atoms with Crippen molar-refractivity contribution in [1.29, 1.82) is 0 Å². The molecule has 0 bridgehead atoms. The molecular weight excluding hydrogens is 232 g/mol.